The first kappa shape index (κ1) is 10.4. The van der Waals surface area contributed by atoms with Crippen LogP contribution in [0.15, 0.2) is 29.1 Å². The molecule has 0 aliphatic heterocycles. The molecule has 0 aliphatic carbocycles. The first-order valence-corrected chi connectivity index (χ1v) is 5.73. The largest absolute Gasteiger partial charge is 0.393 e. The van der Waals surface area contributed by atoms with Gasteiger partial charge in [-0.3, -0.25) is 8.75 Å². The molecule has 2 rings (SSSR count). The van der Waals surface area contributed by atoms with Crippen molar-refractivity contribution in [1.82, 2.24) is 3.96 Å². The normalized spacial score (nSPS) is 13.2. The van der Waals surface area contributed by atoms with Crippen molar-refractivity contribution >= 4 is 21.6 Å². The molecule has 1 atom stereocenters. The summed E-state index contributed by atoms with van der Waals surface area (Å²) >= 11 is 1.46. The van der Waals surface area contributed by atoms with Gasteiger partial charge in [0.1, 0.15) is 0 Å². The number of fused-ring (bicyclic) bond motifs is 1. The Kier molecular flexibility index (Phi) is 2.88. The molecule has 2 aromatic rings. The molecule has 15 heavy (non-hydrogen) atoms. The highest BCUT2D eigenvalue weighted by Gasteiger charge is 2.06. The number of rotatable bonds is 3. The number of aryl methyl sites for hydroxylation is 1. The molecule has 0 radical (unpaired) electrons. The molecule has 0 spiro atoms. The predicted molar refractivity (Wildman–Crippen MR) is 62.4 cm³/mol. The molecule has 1 aromatic carbocycles. The maximum Gasteiger partial charge on any atom is 0.268 e. The average Bonchev–Trinajstić information content (AvgIpc) is 2.54. The van der Waals surface area contributed by atoms with E-state index < -0.39 is 0 Å². The van der Waals surface area contributed by atoms with E-state index in [0.717, 1.165) is 10.1 Å². The minimum Gasteiger partial charge on any atom is -0.393 e. The second-order valence-electron chi connectivity index (χ2n) is 3.63. The lowest BCUT2D eigenvalue weighted by molar-refractivity contribution is 0.179. The maximum atomic E-state index is 11.8. The monoisotopic (exact) mass is 223 g/mol. The van der Waals surface area contributed by atoms with Crippen LogP contribution in [0, 0.1) is 0 Å². The highest BCUT2D eigenvalue weighted by atomic mass is 32.1. The predicted octanol–water partition coefficient (Wildman–Crippen LogP) is 1.83. The fourth-order valence-corrected chi connectivity index (χ4v) is 2.48. The van der Waals surface area contributed by atoms with Crippen molar-refractivity contribution in [3.05, 3.63) is 34.6 Å². The number of hydrogen-bond donors (Lipinski definition) is 1. The molecule has 1 heterocycles. The number of benzene rings is 1. The van der Waals surface area contributed by atoms with Gasteiger partial charge in [-0.25, -0.2) is 0 Å². The molecule has 3 nitrogen and oxygen atoms in total. The number of nitrogens with zero attached hydrogens (tertiary/aromatic N) is 1. The highest BCUT2D eigenvalue weighted by molar-refractivity contribution is 7.13. The minimum atomic E-state index is -0.359. The van der Waals surface area contributed by atoms with E-state index in [1.165, 1.54) is 11.5 Å². The van der Waals surface area contributed by atoms with Gasteiger partial charge < -0.3 is 5.11 Å². The summed E-state index contributed by atoms with van der Waals surface area (Å²) in [6.07, 6.45) is 0.259. The third-order valence-corrected chi connectivity index (χ3v) is 3.42. The van der Waals surface area contributed by atoms with E-state index in [1.54, 1.807) is 10.9 Å². The summed E-state index contributed by atoms with van der Waals surface area (Å²) < 4.78 is 2.71. The van der Waals surface area contributed by atoms with Crippen LogP contribution in [0.5, 0.6) is 0 Å². The van der Waals surface area contributed by atoms with Crippen molar-refractivity contribution in [2.75, 3.05) is 0 Å². The Balaban J connectivity index is 2.36. The lowest BCUT2D eigenvalue weighted by atomic mass is 10.3. The van der Waals surface area contributed by atoms with Crippen LogP contribution in [0.25, 0.3) is 10.1 Å². The summed E-state index contributed by atoms with van der Waals surface area (Å²) in [7, 11) is 0. The molecular weight excluding hydrogens is 210 g/mol. The number of hydrogen-bond acceptors (Lipinski definition) is 3. The Hall–Kier alpha value is -1.13. The van der Waals surface area contributed by atoms with Gasteiger partial charge in [-0.15, -0.1) is 0 Å². The van der Waals surface area contributed by atoms with E-state index in [-0.39, 0.29) is 11.7 Å². The molecular formula is C11H13NO2S. The van der Waals surface area contributed by atoms with Gasteiger partial charge in [-0.1, -0.05) is 23.7 Å². The second kappa shape index (κ2) is 4.16. The van der Waals surface area contributed by atoms with E-state index >= 15 is 0 Å². The van der Waals surface area contributed by atoms with Crippen LogP contribution in [-0.2, 0) is 6.54 Å². The van der Waals surface area contributed by atoms with Gasteiger partial charge in [-0.2, -0.15) is 0 Å². The number of aliphatic hydroxyl groups excluding tert-OH is 1. The lowest BCUT2D eigenvalue weighted by Gasteiger charge is -2.02. The van der Waals surface area contributed by atoms with E-state index in [4.69, 9.17) is 5.11 Å². The topological polar surface area (TPSA) is 42.2 Å². The summed E-state index contributed by atoms with van der Waals surface area (Å²) in [6, 6.07) is 7.58. The fourth-order valence-electron chi connectivity index (χ4n) is 1.47. The van der Waals surface area contributed by atoms with Crippen molar-refractivity contribution in [2.45, 2.75) is 26.0 Å². The zero-order valence-corrected chi connectivity index (χ0v) is 9.33. The van der Waals surface area contributed by atoms with Gasteiger partial charge in [0.25, 0.3) is 5.56 Å². The van der Waals surface area contributed by atoms with Crippen LogP contribution in [0.4, 0.5) is 0 Å². The quantitative estimate of drug-likeness (QED) is 0.862. The Morgan fingerprint density at radius 3 is 2.87 bits per heavy atom. The molecule has 0 amide bonds. The van der Waals surface area contributed by atoms with Crippen molar-refractivity contribution in [3.63, 3.8) is 0 Å². The Morgan fingerprint density at radius 2 is 2.20 bits per heavy atom. The third-order valence-electron chi connectivity index (χ3n) is 2.30. The van der Waals surface area contributed by atoms with Crippen LogP contribution in [0.2, 0.25) is 0 Å². The van der Waals surface area contributed by atoms with Gasteiger partial charge >= 0.3 is 0 Å². The van der Waals surface area contributed by atoms with Crippen LogP contribution in [-0.4, -0.2) is 15.2 Å². The SMILES string of the molecule is CC(O)CCn1sc2ccccc2c1=O. The molecule has 1 unspecified atom stereocenters. The first-order valence-electron chi connectivity index (χ1n) is 4.95. The van der Waals surface area contributed by atoms with Crippen LogP contribution in [0.3, 0.4) is 0 Å². The van der Waals surface area contributed by atoms with Gasteiger partial charge in [0.05, 0.1) is 16.2 Å². The van der Waals surface area contributed by atoms with Crippen molar-refractivity contribution < 1.29 is 5.11 Å². The Labute approximate surface area is 91.7 Å². The summed E-state index contributed by atoms with van der Waals surface area (Å²) in [5.74, 6) is 0. The van der Waals surface area contributed by atoms with E-state index in [9.17, 15) is 4.79 Å². The smallest absolute Gasteiger partial charge is 0.268 e. The van der Waals surface area contributed by atoms with Crippen molar-refractivity contribution in [3.8, 4) is 0 Å². The highest BCUT2D eigenvalue weighted by Crippen LogP contribution is 2.16. The Bertz CT molecular complexity index is 513. The van der Waals surface area contributed by atoms with E-state index in [2.05, 4.69) is 0 Å². The number of aromatic nitrogens is 1. The molecule has 1 N–H and O–H groups in total. The van der Waals surface area contributed by atoms with Gasteiger partial charge in [0, 0.05) is 6.54 Å². The van der Waals surface area contributed by atoms with Gasteiger partial charge in [-0.05, 0) is 25.5 Å². The standard InChI is InChI=1S/C11H13NO2S/c1-8(13)6-7-12-11(14)9-4-2-3-5-10(9)15-12/h2-5,8,13H,6-7H2,1H3. The molecule has 4 heteroatoms. The third kappa shape index (κ3) is 2.11. The molecule has 0 saturated carbocycles. The van der Waals surface area contributed by atoms with E-state index in [0.29, 0.717) is 13.0 Å². The number of aliphatic hydroxyl groups is 1. The Morgan fingerprint density at radius 1 is 1.47 bits per heavy atom. The van der Waals surface area contributed by atoms with Crippen LogP contribution < -0.4 is 5.56 Å². The lowest BCUT2D eigenvalue weighted by Crippen LogP contribution is -2.15. The maximum absolute atomic E-state index is 11.8. The molecule has 0 bridgehead atoms. The average molecular weight is 223 g/mol. The van der Waals surface area contributed by atoms with E-state index in [1.807, 2.05) is 24.3 Å². The molecule has 0 fully saturated rings. The molecule has 0 saturated heterocycles. The van der Waals surface area contributed by atoms with Gasteiger partial charge in [0.15, 0.2) is 0 Å². The second-order valence-corrected chi connectivity index (χ2v) is 4.70. The zero-order chi connectivity index (χ0) is 10.8. The van der Waals surface area contributed by atoms with Crippen LogP contribution in [0.1, 0.15) is 13.3 Å². The fraction of sp³-hybridized carbons (Fsp3) is 0.364. The molecule has 0 aliphatic rings. The van der Waals surface area contributed by atoms with Crippen molar-refractivity contribution in [2.24, 2.45) is 0 Å². The first-order chi connectivity index (χ1) is 7.18. The summed E-state index contributed by atoms with van der Waals surface area (Å²) in [5, 5.41) is 9.94. The minimum absolute atomic E-state index is 0.0521. The zero-order valence-electron chi connectivity index (χ0n) is 8.51. The van der Waals surface area contributed by atoms with Gasteiger partial charge in [0.2, 0.25) is 0 Å². The van der Waals surface area contributed by atoms with Crippen molar-refractivity contribution in [1.29, 1.82) is 0 Å². The van der Waals surface area contributed by atoms with Crippen LogP contribution >= 0.6 is 11.5 Å². The molecule has 1 aromatic heterocycles. The summed E-state index contributed by atoms with van der Waals surface area (Å²) in [4.78, 5) is 11.8. The summed E-state index contributed by atoms with van der Waals surface area (Å²) in [6.45, 7) is 2.33. The summed E-state index contributed by atoms with van der Waals surface area (Å²) in [5.41, 5.74) is 0.0521. The molecule has 80 valence electrons.